The molecule has 0 amide bonds. The molecule has 0 bridgehead atoms. The van der Waals surface area contributed by atoms with Gasteiger partial charge in [0, 0.05) is 12.8 Å². The number of rotatable bonds is 4. The summed E-state index contributed by atoms with van der Waals surface area (Å²) in [5.74, 6) is 6.26. The predicted molar refractivity (Wildman–Crippen MR) is 71.8 cm³/mol. The van der Waals surface area contributed by atoms with Gasteiger partial charge in [0.1, 0.15) is 0 Å². The van der Waals surface area contributed by atoms with Crippen LogP contribution in [0.2, 0.25) is 0 Å². The Balaban J connectivity index is 2.73. The number of carbonyl (C=O) groups is 1. The first kappa shape index (κ1) is 14.3. The van der Waals surface area contributed by atoms with E-state index in [1.807, 2.05) is 6.92 Å². The van der Waals surface area contributed by atoms with Crippen molar-refractivity contribution in [1.82, 2.24) is 4.90 Å². The van der Waals surface area contributed by atoms with Crippen molar-refractivity contribution in [2.75, 3.05) is 14.1 Å². The maximum absolute atomic E-state index is 12.5. The van der Waals surface area contributed by atoms with E-state index in [0.29, 0.717) is 18.6 Å². The van der Waals surface area contributed by atoms with Crippen LogP contribution in [0.3, 0.4) is 0 Å². The summed E-state index contributed by atoms with van der Waals surface area (Å²) in [7, 11) is 4.10. The molecule has 1 fully saturated rings. The van der Waals surface area contributed by atoms with Crippen LogP contribution >= 0.6 is 0 Å². The number of hydrogen-bond acceptors (Lipinski definition) is 2. The van der Waals surface area contributed by atoms with Crippen LogP contribution in [0, 0.1) is 11.8 Å². The lowest BCUT2D eigenvalue weighted by Crippen LogP contribution is -2.50. The molecular formula is C15H25NO. The SMILES string of the molecule is CC#CCCC(=O)C1(N(C)C)CCCCCC1. The molecule has 1 aliphatic rings. The lowest BCUT2D eigenvalue weighted by Gasteiger charge is -2.38. The van der Waals surface area contributed by atoms with Gasteiger partial charge in [-0.05, 0) is 33.9 Å². The smallest absolute Gasteiger partial charge is 0.154 e. The molecule has 0 spiro atoms. The van der Waals surface area contributed by atoms with Gasteiger partial charge in [-0.2, -0.15) is 0 Å². The van der Waals surface area contributed by atoms with Crippen molar-refractivity contribution in [1.29, 1.82) is 0 Å². The van der Waals surface area contributed by atoms with Crippen LogP contribution in [0.4, 0.5) is 0 Å². The summed E-state index contributed by atoms with van der Waals surface area (Å²) in [6, 6.07) is 0. The zero-order valence-electron chi connectivity index (χ0n) is 11.5. The number of nitrogens with zero attached hydrogens (tertiary/aromatic N) is 1. The van der Waals surface area contributed by atoms with Crippen LogP contribution in [0.25, 0.3) is 0 Å². The standard InChI is InChI=1S/C15H25NO/c1-4-5-8-11-14(17)15(16(2)3)12-9-6-7-10-13-15/h6-13H2,1-3H3. The molecule has 2 heteroatoms. The van der Waals surface area contributed by atoms with E-state index in [2.05, 4.69) is 30.8 Å². The molecule has 2 nitrogen and oxygen atoms in total. The molecule has 0 atom stereocenters. The highest BCUT2D eigenvalue weighted by Crippen LogP contribution is 2.33. The van der Waals surface area contributed by atoms with E-state index >= 15 is 0 Å². The van der Waals surface area contributed by atoms with Gasteiger partial charge >= 0.3 is 0 Å². The van der Waals surface area contributed by atoms with Crippen molar-refractivity contribution >= 4 is 5.78 Å². The molecule has 0 saturated heterocycles. The third-order valence-electron chi connectivity index (χ3n) is 3.96. The van der Waals surface area contributed by atoms with Crippen LogP contribution in [0.15, 0.2) is 0 Å². The summed E-state index contributed by atoms with van der Waals surface area (Å²) in [5, 5.41) is 0. The highest BCUT2D eigenvalue weighted by atomic mass is 16.1. The second kappa shape index (κ2) is 6.81. The molecule has 0 aromatic rings. The van der Waals surface area contributed by atoms with Gasteiger partial charge in [0.05, 0.1) is 5.54 Å². The average molecular weight is 235 g/mol. The largest absolute Gasteiger partial charge is 0.298 e. The number of Topliss-reactive ketones (excluding diaryl/α,β-unsaturated/α-hetero) is 1. The van der Waals surface area contributed by atoms with Crippen molar-refractivity contribution in [3.05, 3.63) is 0 Å². The van der Waals surface area contributed by atoms with E-state index in [4.69, 9.17) is 0 Å². The lowest BCUT2D eigenvalue weighted by molar-refractivity contribution is -0.130. The van der Waals surface area contributed by atoms with E-state index in [1.54, 1.807) is 0 Å². The number of likely N-dealkylation sites (N-methyl/N-ethyl adjacent to an activating group) is 1. The van der Waals surface area contributed by atoms with Crippen LogP contribution in [-0.4, -0.2) is 30.3 Å². The van der Waals surface area contributed by atoms with Gasteiger partial charge in [0.15, 0.2) is 5.78 Å². The molecular weight excluding hydrogens is 210 g/mol. The van der Waals surface area contributed by atoms with E-state index < -0.39 is 0 Å². The summed E-state index contributed by atoms with van der Waals surface area (Å²) >= 11 is 0. The van der Waals surface area contributed by atoms with E-state index in [9.17, 15) is 4.79 Å². The van der Waals surface area contributed by atoms with Gasteiger partial charge in [-0.3, -0.25) is 9.69 Å². The zero-order valence-corrected chi connectivity index (χ0v) is 11.5. The molecule has 0 radical (unpaired) electrons. The summed E-state index contributed by atoms with van der Waals surface area (Å²) in [5.41, 5.74) is -0.202. The van der Waals surface area contributed by atoms with Crippen molar-refractivity contribution in [2.45, 2.75) is 63.8 Å². The molecule has 0 aromatic carbocycles. The molecule has 1 saturated carbocycles. The first-order valence-corrected chi connectivity index (χ1v) is 6.74. The molecule has 1 aliphatic carbocycles. The van der Waals surface area contributed by atoms with E-state index in [1.165, 1.54) is 25.7 Å². The summed E-state index contributed by atoms with van der Waals surface area (Å²) in [4.78, 5) is 14.6. The fraction of sp³-hybridized carbons (Fsp3) is 0.800. The van der Waals surface area contributed by atoms with Gasteiger partial charge < -0.3 is 0 Å². The summed E-state index contributed by atoms with van der Waals surface area (Å²) in [6.45, 7) is 1.83. The Morgan fingerprint density at radius 2 is 1.76 bits per heavy atom. The Labute approximate surface area is 106 Å². The van der Waals surface area contributed by atoms with Gasteiger partial charge in [-0.1, -0.05) is 25.7 Å². The summed E-state index contributed by atoms with van der Waals surface area (Å²) in [6.07, 6.45) is 8.29. The highest BCUT2D eigenvalue weighted by Gasteiger charge is 2.39. The van der Waals surface area contributed by atoms with Crippen LogP contribution in [0.1, 0.15) is 58.3 Å². The topological polar surface area (TPSA) is 20.3 Å². The van der Waals surface area contributed by atoms with Crippen LogP contribution < -0.4 is 0 Å². The third kappa shape index (κ3) is 3.57. The second-order valence-electron chi connectivity index (χ2n) is 5.19. The minimum Gasteiger partial charge on any atom is -0.298 e. The monoisotopic (exact) mass is 235 g/mol. The maximum atomic E-state index is 12.5. The first-order chi connectivity index (χ1) is 8.13. The second-order valence-corrected chi connectivity index (χ2v) is 5.19. The van der Waals surface area contributed by atoms with Crippen LogP contribution in [-0.2, 0) is 4.79 Å². The Morgan fingerprint density at radius 3 is 2.24 bits per heavy atom. The molecule has 1 rings (SSSR count). The third-order valence-corrected chi connectivity index (χ3v) is 3.96. The van der Waals surface area contributed by atoms with Crippen molar-refractivity contribution in [3.8, 4) is 11.8 Å². The van der Waals surface area contributed by atoms with Gasteiger partial charge in [-0.15, -0.1) is 11.8 Å². The number of carbonyl (C=O) groups excluding carboxylic acids is 1. The fourth-order valence-electron chi connectivity index (χ4n) is 2.82. The Kier molecular flexibility index (Phi) is 5.71. The van der Waals surface area contributed by atoms with Crippen molar-refractivity contribution < 1.29 is 4.79 Å². The molecule has 96 valence electrons. The molecule has 0 heterocycles. The highest BCUT2D eigenvalue weighted by molar-refractivity contribution is 5.88. The normalized spacial score (nSPS) is 19.3. The lowest BCUT2D eigenvalue weighted by atomic mass is 9.82. The number of ketones is 1. The Hall–Kier alpha value is -0.810. The van der Waals surface area contributed by atoms with Gasteiger partial charge in [-0.25, -0.2) is 0 Å². The molecule has 0 N–H and O–H groups in total. The molecule has 0 aromatic heterocycles. The van der Waals surface area contributed by atoms with Crippen molar-refractivity contribution in [3.63, 3.8) is 0 Å². The van der Waals surface area contributed by atoms with Crippen molar-refractivity contribution in [2.24, 2.45) is 0 Å². The van der Waals surface area contributed by atoms with E-state index in [0.717, 1.165) is 12.8 Å². The Morgan fingerprint density at radius 1 is 1.18 bits per heavy atom. The number of hydrogen-bond donors (Lipinski definition) is 0. The van der Waals surface area contributed by atoms with Gasteiger partial charge in [0.2, 0.25) is 0 Å². The average Bonchev–Trinajstić information content (AvgIpc) is 2.55. The molecule has 17 heavy (non-hydrogen) atoms. The summed E-state index contributed by atoms with van der Waals surface area (Å²) < 4.78 is 0. The minimum atomic E-state index is -0.202. The van der Waals surface area contributed by atoms with Gasteiger partial charge in [0.25, 0.3) is 0 Å². The molecule has 0 aliphatic heterocycles. The minimum absolute atomic E-state index is 0.202. The Bertz CT molecular complexity index is 301. The van der Waals surface area contributed by atoms with Crippen LogP contribution in [0.5, 0.6) is 0 Å². The molecule has 0 unspecified atom stereocenters. The first-order valence-electron chi connectivity index (χ1n) is 6.74. The predicted octanol–water partition coefficient (Wildman–Crippen LogP) is 3.01. The van der Waals surface area contributed by atoms with E-state index in [-0.39, 0.29) is 5.54 Å². The zero-order chi connectivity index (χ0) is 12.7. The quantitative estimate of drug-likeness (QED) is 0.551. The maximum Gasteiger partial charge on any atom is 0.154 e. The fourth-order valence-corrected chi connectivity index (χ4v) is 2.82.